The number of rotatable bonds is 6. The van der Waals surface area contributed by atoms with Crippen LogP contribution >= 0.6 is 23.2 Å². The maximum atomic E-state index is 7.34. The van der Waals surface area contributed by atoms with Crippen LogP contribution in [0.2, 0.25) is 13.1 Å². The van der Waals surface area contributed by atoms with E-state index in [1.54, 1.807) is 0 Å². The van der Waals surface area contributed by atoms with Gasteiger partial charge in [0.15, 0.2) is 0 Å². The van der Waals surface area contributed by atoms with E-state index >= 15 is 0 Å². The zero-order valence-electron chi connectivity index (χ0n) is 23.1. The molecular weight excluding hydrogens is 531 g/mol. The third-order valence-corrected chi connectivity index (χ3v) is 14.1. The Morgan fingerprint density at radius 3 is 1.28 bits per heavy atom. The number of allylic oxidation sites excluding steroid dienone is 2. The first-order chi connectivity index (χ1) is 18.9. The van der Waals surface area contributed by atoms with Gasteiger partial charge in [-0.05, 0) is 57.4 Å². The van der Waals surface area contributed by atoms with Crippen LogP contribution in [0.25, 0.3) is 32.3 Å². The molecule has 0 spiro atoms. The summed E-state index contributed by atoms with van der Waals surface area (Å²) in [6, 6.07) is 34.9. The van der Waals surface area contributed by atoms with Crippen LogP contribution < -0.4 is 0 Å². The monoisotopic (exact) mass is 564 g/mol. The molecule has 0 saturated carbocycles. The Kier molecular flexibility index (Phi) is 6.96. The molecule has 6 rings (SSSR count). The van der Waals surface area contributed by atoms with Crippen molar-refractivity contribution in [3.63, 3.8) is 0 Å². The van der Waals surface area contributed by atoms with Crippen molar-refractivity contribution in [3.8, 4) is 22.3 Å². The lowest BCUT2D eigenvalue weighted by Gasteiger charge is -2.40. The molecule has 0 radical (unpaired) electrons. The number of hydrogen-bond acceptors (Lipinski definition) is 0. The Balaban J connectivity index is 1.55. The van der Waals surface area contributed by atoms with Gasteiger partial charge in [-0.15, -0.1) is 0 Å². The van der Waals surface area contributed by atoms with Crippen LogP contribution in [0.4, 0.5) is 0 Å². The fourth-order valence-electron chi connectivity index (χ4n) is 7.36. The minimum Gasteiger partial charge on any atom is -0.0837 e. The average molecular weight is 566 g/mol. The highest BCUT2D eigenvalue weighted by Gasteiger charge is 2.50. The van der Waals surface area contributed by atoms with E-state index in [1.165, 1.54) is 55.7 Å². The minimum absolute atomic E-state index is 0.330. The normalized spacial score (nSPS) is 18.5. The summed E-state index contributed by atoms with van der Waals surface area (Å²) < 4.78 is 0. The molecule has 2 aliphatic rings. The largest absolute Gasteiger partial charge is 0.0837 e. The Morgan fingerprint density at radius 2 is 0.923 bits per heavy atom. The molecule has 4 aromatic carbocycles. The second-order valence-corrected chi connectivity index (χ2v) is 16.9. The SMILES string of the molecule is CCC1=C(Cl)c2c(-c3ccccc3)cccc2C1[Si](C)(C)C1C(CC)=C(Cl)c2c(-c3ccccc3)cccc21. The molecule has 0 heterocycles. The van der Waals surface area contributed by atoms with Crippen molar-refractivity contribution in [2.24, 2.45) is 0 Å². The molecule has 3 heteroatoms. The fraction of sp³-hybridized carbons (Fsp3) is 0.222. The van der Waals surface area contributed by atoms with Gasteiger partial charge in [-0.1, -0.05) is 147 Å². The first kappa shape index (κ1) is 26.4. The van der Waals surface area contributed by atoms with Crippen molar-refractivity contribution in [2.75, 3.05) is 0 Å². The van der Waals surface area contributed by atoms with Gasteiger partial charge in [-0.25, -0.2) is 0 Å². The van der Waals surface area contributed by atoms with Crippen LogP contribution in [0.5, 0.6) is 0 Å². The summed E-state index contributed by atoms with van der Waals surface area (Å²) in [6.45, 7) is 9.67. The van der Waals surface area contributed by atoms with E-state index < -0.39 is 8.07 Å². The van der Waals surface area contributed by atoms with Crippen LogP contribution in [0, 0.1) is 0 Å². The van der Waals surface area contributed by atoms with Crippen LogP contribution in [0.1, 0.15) is 60.0 Å². The Hall–Kier alpha value is -2.84. The highest BCUT2D eigenvalue weighted by Crippen LogP contribution is 2.59. The molecule has 0 saturated heterocycles. The van der Waals surface area contributed by atoms with Crippen LogP contribution in [0.3, 0.4) is 0 Å². The van der Waals surface area contributed by atoms with E-state index in [9.17, 15) is 0 Å². The van der Waals surface area contributed by atoms with E-state index in [2.05, 4.69) is 124 Å². The Labute approximate surface area is 244 Å². The molecule has 0 amide bonds. The van der Waals surface area contributed by atoms with Crippen molar-refractivity contribution in [1.82, 2.24) is 0 Å². The molecular formula is C36H34Cl2Si. The van der Waals surface area contributed by atoms with Crippen molar-refractivity contribution >= 4 is 41.3 Å². The molecule has 39 heavy (non-hydrogen) atoms. The first-order valence-corrected chi connectivity index (χ1v) is 18.0. The summed E-state index contributed by atoms with van der Waals surface area (Å²) in [5.41, 5.74) is 13.6. The molecule has 0 fully saturated rings. The third kappa shape index (κ3) is 4.09. The number of hydrogen-bond donors (Lipinski definition) is 0. The van der Waals surface area contributed by atoms with Crippen LogP contribution in [-0.4, -0.2) is 8.07 Å². The smallest absolute Gasteiger partial charge is 0.0723 e. The van der Waals surface area contributed by atoms with E-state index in [1.807, 2.05) is 0 Å². The third-order valence-electron chi connectivity index (χ3n) is 8.93. The predicted molar refractivity (Wildman–Crippen MR) is 173 cm³/mol. The maximum absolute atomic E-state index is 7.34. The van der Waals surface area contributed by atoms with E-state index in [0.29, 0.717) is 11.1 Å². The minimum atomic E-state index is -2.12. The summed E-state index contributed by atoms with van der Waals surface area (Å²) in [6.07, 6.45) is 1.90. The first-order valence-electron chi connectivity index (χ1n) is 14.0. The average Bonchev–Trinajstić information content (AvgIpc) is 3.45. The number of halogens is 2. The molecule has 0 aromatic heterocycles. The van der Waals surface area contributed by atoms with Crippen LogP contribution in [0.15, 0.2) is 108 Å². The molecule has 2 unspecified atom stereocenters. The lowest BCUT2D eigenvalue weighted by molar-refractivity contribution is 0.897. The number of fused-ring (bicyclic) bond motifs is 2. The highest BCUT2D eigenvalue weighted by atomic mass is 35.5. The second kappa shape index (κ2) is 10.3. The van der Waals surface area contributed by atoms with Crippen molar-refractivity contribution < 1.29 is 0 Å². The van der Waals surface area contributed by atoms with E-state index in [-0.39, 0.29) is 0 Å². The molecule has 2 aliphatic carbocycles. The molecule has 4 aromatic rings. The van der Waals surface area contributed by atoms with Gasteiger partial charge in [0.25, 0.3) is 0 Å². The van der Waals surface area contributed by atoms with Gasteiger partial charge in [0.05, 0.1) is 8.07 Å². The summed E-state index contributed by atoms with van der Waals surface area (Å²) >= 11 is 14.7. The highest BCUT2D eigenvalue weighted by molar-refractivity contribution is 6.82. The number of benzene rings is 4. The summed E-state index contributed by atoms with van der Waals surface area (Å²) in [4.78, 5) is 0. The molecule has 0 bridgehead atoms. The quantitative estimate of drug-likeness (QED) is 0.204. The van der Waals surface area contributed by atoms with Gasteiger partial charge >= 0.3 is 0 Å². The zero-order chi connectivity index (χ0) is 27.3. The lowest BCUT2D eigenvalue weighted by atomic mass is 9.97. The molecule has 0 aliphatic heterocycles. The van der Waals surface area contributed by atoms with Gasteiger partial charge in [-0.2, -0.15) is 0 Å². The summed E-state index contributed by atoms with van der Waals surface area (Å²) in [7, 11) is -2.12. The summed E-state index contributed by atoms with van der Waals surface area (Å²) in [5.74, 6) is 0. The van der Waals surface area contributed by atoms with Crippen molar-refractivity contribution in [3.05, 3.63) is 130 Å². The van der Waals surface area contributed by atoms with E-state index in [4.69, 9.17) is 23.2 Å². The molecule has 0 N–H and O–H groups in total. The lowest BCUT2D eigenvalue weighted by Crippen LogP contribution is -2.42. The standard InChI is InChI=1S/C36H34Cl2Si/c1-5-25-33(37)31-27(23-15-9-7-10-16-23)19-13-21-29(31)35(25)39(3,4)36-26(6-2)34(38)32-28(20-14-22-30(32)36)24-17-11-8-12-18-24/h7-22,35-36H,5-6H2,1-4H3. The molecule has 2 atom stereocenters. The Bertz CT molecular complexity index is 1490. The van der Waals surface area contributed by atoms with Gasteiger partial charge in [0.1, 0.15) is 0 Å². The van der Waals surface area contributed by atoms with Gasteiger partial charge < -0.3 is 0 Å². The molecule has 196 valence electrons. The van der Waals surface area contributed by atoms with Gasteiger partial charge in [0, 0.05) is 32.3 Å². The summed E-state index contributed by atoms with van der Waals surface area (Å²) in [5, 5.41) is 1.92. The second-order valence-electron chi connectivity index (χ2n) is 11.3. The van der Waals surface area contributed by atoms with E-state index in [0.717, 1.165) is 22.9 Å². The van der Waals surface area contributed by atoms with Crippen molar-refractivity contribution in [1.29, 1.82) is 0 Å². The predicted octanol–water partition coefficient (Wildman–Crippen LogP) is 11.4. The van der Waals surface area contributed by atoms with Gasteiger partial charge in [0.2, 0.25) is 0 Å². The topological polar surface area (TPSA) is 0 Å². The Morgan fingerprint density at radius 1 is 0.538 bits per heavy atom. The fourth-order valence-corrected chi connectivity index (χ4v) is 13.4. The molecule has 0 nitrogen and oxygen atoms in total. The zero-order valence-corrected chi connectivity index (χ0v) is 25.6. The van der Waals surface area contributed by atoms with Gasteiger partial charge in [-0.3, -0.25) is 0 Å². The van der Waals surface area contributed by atoms with Crippen molar-refractivity contribution in [2.45, 2.75) is 50.9 Å². The maximum Gasteiger partial charge on any atom is 0.0723 e. The van der Waals surface area contributed by atoms with Crippen LogP contribution in [-0.2, 0) is 0 Å².